The average molecular weight is 608 g/mol. The fraction of sp³-hybridized carbons (Fsp3) is 0.259. The molecule has 2 amide bonds. The van der Waals surface area contributed by atoms with E-state index in [0.29, 0.717) is 23.6 Å². The third-order valence-corrected chi connectivity index (χ3v) is 8.39. The number of hydrogen-bond acceptors (Lipinski definition) is 6. The molecule has 0 aromatic heterocycles. The zero-order chi connectivity index (χ0) is 29.4. The van der Waals surface area contributed by atoms with Crippen LogP contribution in [0.15, 0.2) is 77.7 Å². The molecule has 0 bridgehead atoms. The molecule has 212 valence electrons. The number of rotatable bonds is 12. The summed E-state index contributed by atoms with van der Waals surface area (Å²) < 4.78 is 28.3. The number of hydrogen-bond donors (Lipinski definition) is 1. The second kappa shape index (κ2) is 13.6. The van der Waals surface area contributed by atoms with Crippen molar-refractivity contribution in [2.45, 2.75) is 37.8 Å². The van der Waals surface area contributed by atoms with Gasteiger partial charge in [0.15, 0.2) is 0 Å². The maximum Gasteiger partial charge on any atom is 0.271 e. The molecule has 1 N–H and O–H groups in total. The normalized spacial score (nSPS) is 11.9. The molecule has 0 heterocycles. The van der Waals surface area contributed by atoms with E-state index in [2.05, 4.69) is 5.32 Å². The zero-order valence-electron chi connectivity index (χ0n) is 21.8. The van der Waals surface area contributed by atoms with Crippen molar-refractivity contribution < 1.29 is 22.9 Å². The van der Waals surface area contributed by atoms with Crippen molar-refractivity contribution in [3.05, 3.63) is 98.5 Å². The predicted octanol–water partition coefficient (Wildman–Crippen LogP) is 5.04. The number of non-ortho nitro benzene ring substituents is 1. The molecule has 0 aliphatic carbocycles. The van der Waals surface area contributed by atoms with Gasteiger partial charge in [0, 0.05) is 35.3 Å². The average Bonchev–Trinajstić information content (AvgIpc) is 2.94. The Morgan fingerprint density at radius 1 is 1.02 bits per heavy atom. The smallest absolute Gasteiger partial charge is 0.271 e. The van der Waals surface area contributed by atoms with Crippen molar-refractivity contribution in [1.29, 1.82) is 0 Å². The van der Waals surface area contributed by atoms with Gasteiger partial charge >= 0.3 is 0 Å². The summed E-state index contributed by atoms with van der Waals surface area (Å²) in [7, 11) is -4.35. The Balaban J connectivity index is 2.07. The molecule has 0 unspecified atom stereocenters. The van der Waals surface area contributed by atoms with E-state index >= 15 is 0 Å². The summed E-state index contributed by atoms with van der Waals surface area (Å²) in [5.41, 5.74) is 0.0525. The van der Waals surface area contributed by atoms with E-state index in [-0.39, 0.29) is 27.8 Å². The van der Waals surface area contributed by atoms with Crippen LogP contribution in [0, 0.1) is 10.1 Å². The van der Waals surface area contributed by atoms with Crippen LogP contribution in [0.1, 0.15) is 25.8 Å². The van der Waals surface area contributed by atoms with Crippen molar-refractivity contribution in [3.63, 3.8) is 0 Å². The van der Waals surface area contributed by atoms with Gasteiger partial charge in [0.05, 0.1) is 15.5 Å². The first-order chi connectivity index (χ1) is 18.9. The van der Waals surface area contributed by atoms with E-state index in [1.54, 1.807) is 18.2 Å². The van der Waals surface area contributed by atoms with Gasteiger partial charge in [-0.15, -0.1) is 0 Å². The van der Waals surface area contributed by atoms with Crippen LogP contribution < -0.4 is 9.62 Å². The second-order valence-corrected chi connectivity index (χ2v) is 11.5. The highest BCUT2D eigenvalue weighted by Gasteiger charge is 2.33. The lowest BCUT2D eigenvalue weighted by molar-refractivity contribution is -0.384. The molecule has 40 heavy (non-hydrogen) atoms. The van der Waals surface area contributed by atoms with Crippen LogP contribution in [0.25, 0.3) is 0 Å². The summed E-state index contributed by atoms with van der Waals surface area (Å²) in [6.45, 7) is 2.93. The Morgan fingerprint density at radius 2 is 1.73 bits per heavy atom. The summed E-state index contributed by atoms with van der Waals surface area (Å²) in [4.78, 5) is 38.6. The maximum absolute atomic E-state index is 13.9. The Bertz CT molecular complexity index is 1490. The van der Waals surface area contributed by atoms with Crippen molar-refractivity contribution in [1.82, 2.24) is 10.2 Å². The highest BCUT2D eigenvalue weighted by molar-refractivity contribution is 7.92. The number of amides is 2. The van der Waals surface area contributed by atoms with Crippen molar-refractivity contribution in [2.24, 2.45) is 0 Å². The first-order valence-corrected chi connectivity index (χ1v) is 14.5. The molecule has 3 aromatic carbocycles. The van der Waals surface area contributed by atoms with Crippen molar-refractivity contribution >= 4 is 56.4 Å². The molecule has 0 saturated heterocycles. The number of halogens is 2. The highest BCUT2D eigenvalue weighted by Crippen LogP contribution is 2.28. The molecule has 0 saturated carbocycles. The Kier molecular flexibility index (Phi) is 10.5. The number of benzene rings is 3. The number of carbonyl (C=O) groups is 2. The second-order valence-electron chi connectivity index (χ2n) is 8.83. The fourth-order valence-corrected chi connectivity index (χ4v) is 5.72. The van der Waals surface area contributed by atoms with Gasteiger partial charge in [-0.05, 0) is 49.2 Å². The Morgan fingerprint density at radius 3 is 2.35 bits per heavy atom. The van der Waals surface area contributed by atoms with Gasteiger partial charge in [0.1, 0.15) is 12.6 Å². The van der Waals surface area contributed by atoms with Crippen molar-refractivity contribution in [2.75, 3.05) is 17.4 Å². The first kappa shape index (κ1) is 30.9. The van der Waals surface area contributed by atoms with E-state index < -0.39 is 39.3 Å². The summed E-state index contributed by atoms with van der Waals surface area (Å²) >= 11 is 12.4. The van der Waals surface area contributed by atoms with Crippen LogP contribution >= 0.6 is 23.2 Å². The van der Waals surface area contributed by atoms with E-state index in [4.69, 9.17) is 23.2 Å². The van der Waals surface area contributed by atoms with E-state index in [1.807, 2.05) is 6.92 Å². The summed E-state index contributed by atoms with van der Waals surface area (Å²) in [6.07, 6.45) is 0.672. The van der Waals surface area contributed by atoms with Gasteiger partial charge < -0.3 is 10.2 Å². The van der Waals surface area contributed by atoms with Gasteiger partial charge in [-0.1, -0.05) is 60.5 Å². The Hall–Kier alpha value is -3.67. The molecule has 0 spiro atoms. The lowest BCUT2D eigenvalue weighted by Gasteiger charge is -2.32. The van der Waals surface area contributed by atoms with E-state index in [9.17, 15) is 28.1 Å². The monoisotopic (exact) mass is 606 g/mol. The quantitative estimate of drug-likeness (QED) is 0.227. The van der Waals surface area contributed by atoms with Gasteiger partial charge in [-0.3, -0.25) is 24.0 Å². The number of anilines is 1. The predicted molar refractivity (Wildman–Crippen MR) is 154 cm³/mol. The van der Waals surface area contributed by atoms with Crippen LogP contribution in [-0.4, -0.2) is 49.2 Å². The molecular formula is C27H28Cl2N4O6S. The summed E-state index contributed by atoms with van der Waals surface area (Å²) in [5.74, 6) is -1.16. The fourth-order valence-electron chi connectivity index (χ4n) is 3.82. The van der Waals surface area contributed by atoms with Crippen LogP contribution in [0.3, 0.4) is 0 Å². The molecule has 10 nitrogen and oxygen atoms in total. The largest absolute Gasteiger partial charge is 0.354 e. The Labute approximate surface area is 242 Å². The van der Waals surface area contributed by atoms with E-state index in [1.165, 1.54) is 60.4 Å². The van der Waals surface area contributed by atoms with Crippen LogP contribution in [-0.2, 0) is 26.2 Å². The SMILES string of the molecule is CCCNC(=O)[C@@H](C)N(Cc1ccc(Cl)cc1Cl)C(=O)CN(c1cccc([N+](=O)[O-])c1)S(=O)(=O)c1ccccc1. The molecule has 0 fully saturated rings. The standard InChI is InChI=1S/C27H28Cl2N4O6S/c1-3-14-30-27(35)19(2)31(17-20-12-13-21(28)15-25(20)29)26(34)18-32(22-8-7-9-23(16-22)33(36)37)40(38,39)24-10-5-4-6-11-24/h4-13,15-16,19H,3,14,17-18H2,1-2H3,(H,30,35)/t19-/m1/s1. The zero-order valence-corrected chi connectivity index (χ0v) is 24.1. The molecule has 0 aliphatic heterocycles. The lowest BCUT2D eigenvalue weighted by atomic mass is 10.1. The number of nitrogens with one attached hydrogen (secondary N) is 1. The molecule has 1 atom stereocenters. The topological polar surface area (TPSA) is 130 Å². The molecule has 0 aliphatic rings. The van der Waals surface area contributed by atoms with Gasteiger partial charge in [-0.25, -0.2) is 8.42 Å². The summed E-state index contributed by atoms with van der Waals surface area (Å²) in [6, 6.07) is 16.1. The van der Waals surface area contributed by atoms with E-state index in [0.717, 1.165) is 10.4 Å². The number of sulfonamides is 1. The molecule has 13 heteroatoms. The highest BCUT2D eigenvalue weighted by atomic mass is 35.5. The molecule has 3 rings (SSSR count). The summed E-state index contributed by atoms with van der Waals surface area (Å²) in [5, 5.41) is 14.8. The number of nitrogens with zero attached hydrogens (tertiary/aromatic N) is 3. The number of carbonyl (C=O) groups excluding carboxylic acids is 2. The van der Waals surface area contributed by atoms with Gasteiger partial charge in [0.25, 0.3) is 15.7 Å². The minimum atomic E-state index is -4.35. The minimum Gasteiger partial charge on any atom is -0.354 e. The third-order valence-electron chi connectivity index (χ3n) is 6.01. The lowest BCUT2D eigenvalue weighted by Crippen LogP contribution is -2.51. The minimum absolute atomic E-state index is 0.0843. The van der Waals surface area contributed by atoms with Crippen LogP contribution in [0.2, 0.25) is 10.0 Å². The molecular weight excluding hydrogens is 579 g/mol. The molecule has 0 radical (unpaired) electrons. The number of nitro benzene ring substituents is 1. The van der Waals surface area contributed by atoms with Crippen LogP contribution in [0.5, 0.6) is 0 Å². The molecule has 3 aromatic rings. The van der Waals surface area contributed by atoms with Gasteiger partial charge in [0.2, 0.25) is 11.8 Å². The number of nitro groups is 1. The maximum atomic E-state index is 13.9. The van der Waals surface area contributed by atoms with Gasteiger partial charge in [-0.2, -0.15) is 0 Å². The van der Waals surface area contributed by atoms with Crippen molar-refractivity contribution in [3.8, 4) is 0 Å². The third kappa shape index (κ3) is 7.50. The van der Waals surface area contributed by atoms with Crippen LogP contribution in [0.4, 0.5) is 11.4 Å². The first-order valence-electron chi connectivity index (χ1n) is 12.3.